The van der Waals surface area contributed by atoms with Crippen LogP contribution < -0.4 is 5.32 Å². The SMILES string of the molecule is CNC(c1ccc(Cl)c(Br)c1)c1cc(F)ccc1Cl. The van der Waals surface area contributed by atoms with Crippen LogP contribution in [0.4, 0.5) is 4.39 Å². The zero-order valence-electron chi connectivity index (χ0n) is 10.1. The van der Waals surface area contributed by atoms with Gasteiger partial charge in [0.1, 0.15) is 5.82 Å². The average molecular weight is 363 g/mol. The lowest BCUT2D eigenvalue weighted by Gasteiger charge is -2.19. The molecule has 0 fully saturated rings. The third-order valence-corrected chi connectivity index (χ3v) is 4.39. The largest absolute Gasteiger partial charge is 0.309 e. The highest BCUT2D eigenvalue weighted by Crippen LogP contribution is 2.32. The Hall–Kier alpha value is -0.610. The maximum atomic E-state index is 13.4. The third kappa shape index (κ3) is 3.29. The number of halogens is 4. The van der Waals surface area contributed by atoms with Crippen molar-refractivity contribution in [2.75, 3.05) is 7.05 Å². The van der Waals surface area contributed by atoms with E-state index in [9.17, 15) is 4.39 Å². The first-order chi connectivity index (χ1) is 9.02. The van der Waals surface area contributed by atoms with Crippen LogP contribution in [0.1, 0.15) is 17.2 Å². The van der Waals surface area contributed by atoms with Gasteiger partial charge in [-0.2, -0.15) is 0 Å². The summed E-state index contributed by atoms with van der Waals surface area (Å²) in [5, 5.41) is 4.28. The Kier molecular flexibility index (Phi) is 4.85. The average Bonchev–Trinajstić information content (AvgIpc) is 2.38. The molecule has 1 nitrogen and oxygen atoms in total. The minimum Gasteiger partial charge on any atom is -0.309 e. The summed E-state index contributed by atoms with van der Waals surface area (Å²) in [4.78, 5) is 0. The number of hydrogen-bond donors (Lipinski definition) is 1. The Balaban J connectivity index is 2.49. The second-order valence-electron chi connectivity index (χ2n) is 4.06. The molecule has 0 saturated carbocycles. The minimum atomic E-state index is -0.312. The summed E-state index contributed by atoms with van der Waals surface area (Å²) < 4.78 is 14.2. The van der Waals surface area contributed by atoms with E-state index in [1.807, 2.05) is 12.1 Å². The molecular weight excluding hydrogens is 352 g/mol. The quantitative estimate of drug-likeness (QED) is 0.790. The van der Waals surface area contributed by atoms with E-state index in [1.54, 1.807) is 19.2 Å². The molecule has 19 heavy (non-hydrogen) atoms. The van der Waals surface area contributed by atoms with E-state index in [0.717, 1.165) is 10.0 Å². The molecule has 0 heterocycles. The first-order valence-electron chi connectivity index (χ1n) is 5.60. The maximum Gasteiger partial charge on any atom is 0.123 e. The van der Waals surface area contributed by atoms with Crippen LogP contribution in [0.15, 0.2) is 40.9 Å². The molecule has 0 saturated heterocycles. The van der Waals surface area contributed by atoms with Crippen molar-refractivity contribution in [1.82, 2.24) is 5.32 Å². The highest BCUT2D eigenvalue weighted by molar-refractivity contribution is 9.10. The standard InChI is InChI=1S/C14H11BrCl2FN/c1-19-14(8-2-4-13(17)11(15)6-8)10-7-9(18)3-5-12(10)16/h2-7,14,19H,1H3. The van der Waals surface area contributed by atoms with Crippen LogP contribution in [0.3, 0.4) is 0 Å². The van der Waals surface area contributed by atoms with Crippen LogP contribution in [0.2, 0.25) is 10.0 Å². The van der Waals surface area contributed by atoms with Crippen molar-refractivity contribution < 1.29 is 4.39 Å². The van der Waals surface area contributed by atoms with Gasteiger partial charge in [-0.3, -0.25) is 0 Å². The number of nitrogens with one attached hydrogen (secondary N) is 1. The Morgan fingerprint density at radius 3 is 2.42 bits per heavy atom. The summed E-state index contributed by atoms with van der Waals surface area (Å²) in [5.41, 5.74) is 1.64. The molecule has 0 aromatic heterocycles. The summed E-state index contributed by atoms with van der Waals surface area (Å²) in [5.74, 6) is -0.312. The Morgan fingerprint density at radius 2 is 1.79 bits per heavy atom. The fourth-order valence-electron chi connectivity index (χ4n) is 1.93. The number of hydrogen-bond acceptors (Lipinski definition) is 1. The molecule has 0 amide bonds. The molecule has 0 aliphatic carbocycles. The number of benzene rings is 2. The second kappa shape index (κ2) is 6.23. The van der Waals surface area contributed by atoms with Gasteiger partial charge in [-0.15, -0.1) is 0 Å². The predicted octanol–water partition coefficient (Wildman–Crippen LogP) is 5.20. The highest BCUT2D eigenvalue weighted by atomic mass is 79.9. The zero-order valence-corrected chi connectivity index (χ0v) is 13.2. The molecule has 2 aromatic rings. The molecule has 2 aromatic carbocycles. The molecule has 5 heteroatoms. The van der Waals surface area contributed by atoms with Gasteiger partial charge in [-0.1, -0.05) is 29.3 Å². The van der Waals surface area contributed by atoms with E-state index in [2.05, 4.69) is 21.2 Å². The molecule has 2 rings (SSSR count). The first kappa shape index (κ1) is 14.8. The normalized spacial score (nSPS) is 12.5. The molecule has 100 valence electrons. The molecule has 0 aliphatic heterocycles. The van der Waals surface area contributed by atoms with Crippen LogP contribution >= 0.6 is 39.1 Å². The van der Waals surface area contributed by atoms with E-state index >= 15 is 0 Å². The topological polar surface area (TPSA) is 12.0 Å². The van der Waals surface area contributed by atoms with Crippen molar-refractivity contribution in [2.24, 2.45) is 0 Å². The Labute approximate surface area is 129 Å². The maximum absolute atomic E-state index is 13.4. The molecule has 0 aliphatic rings. The van der Waals surface area contributed by atoms with Gasteiger partial charge in [0, 0.05) is 9.50 Å². The Morgan fingerprint density at radius 1 is 1.11 bits per heavy atom. The molecule has 1 atom stereocenters. The minimum absolute atomic E-state index is 0.197. The van der Waals surface area contributed by atoms with Crippen LogP contribution in [-0.4, -0.2) is 7.05 Å². The fourth-order valence-corrected chi connectivity index (χ4v) is 2.67. The molecule has 0 radical (unpaired) electrons. The smallest absolute Gasteiger partial charge is 0.123 e. The van der Waals surface area contributed by atoms with Gasteiger partial charge in [0.2, 0.25) is 0 Å². The van der Waals surface area contributed by atoms with Gasteiger partial charge in [-0.05, 0) is 64.4 Å². The van der Waals surface area contributed by atoms with Gasteiger partial charge < -0.3 is 5.32 Å². The summed E-state index contributed by atoms with van der Waals surface area (Å²) in [6.07, 6.45) is 0. The monoisotopic (exact) mass is 361 g/mol. The van der Waals surface area contributed by atoms with Crippen LogP contribution in [0, 0.1) is 5.82 Å². The lowest BCUT2D eigenvalue weighted by molar-refractivity contribution is 0.617. The summed E-state index contributed by atoms with van der Waals surface area (Å²) in [7, 11) is 1.80. The van der Waals surface area contributed by atoms with E-state index < -0.39 is 0 Å². The van der Waals surface area contributed by atoms with Gasteiger partial charge >= 0.3 is 0 Å². The van der Waals surface area contributed by atoms with Crippen LogP contribution in [0.25, 0.3) is 0 Å². The Bertz CT molecular complexity index is 604. The van der Waals surface area contributed by atoms with Gasteiger partial charge in [-0.25, -0.2) is 4.39 Å². The van der Waals surface area contributed by atoms with Crippen LogP contribution in [-0.2, 0) is 0 Å². The van der Waals surface area contributed by atoms with Crippen LogP contribution in [0.5, 0.6) is 0 Å². The van der Waals surface area contributed by atoms with E-state index in [0.29, 0.717) is 15.6 Å². The zero-order chi connectivity index (χ0) is 14.0. The fraction of sp³-hybridized carbons (Fsp3) is 0.143. The van der Waals surface area contributed by atoms with E-state index in [1.165, 1.54) is 12.1 Å². The van der Waals surface area contributed by atoms with Gasteiger partial charge in [0.15, 0.2) is 0 Å². The van der Waals surface area contributed by atoms with Crippen molar-refractivity contribution in [3.05, 3.63) is 67.9 Å². The molecule has 0 bridgehead atoms. The van der Waals surface area contributed by atoms with Gasteiger partial charge in [0.05, 0.1) is 11.1 Å². The third-order valence-electron chi connectivity index (χ3n) is 2.83. The molecule has 0 spiro atoms. The van der Waals surface area contributed by atoms with Gasteiger partial charge in [0.25, 0.3) is 0 Å². The second-order valence-corrected chi connectivity index (χ2v) is 5.73. The van der Waals surface area contributed by atoms with Crippen molar-refractivity contribution >= 4 is 39.1 Å². The predicted molar refractivity (Wildman–Crippen MR) is 81.5 cm³/mol. The van der Waals surface area contributed by atoms with Crippen molar-refractivity contribution in [1.29, 1.82) is 0 Å². The van der Waals surface area contributed by atoms with Crippen molar-refractivity contribution in [2.45, 2.75) is 6.04 Å². The molecule has 1 N–H and O–H groups in total. The summed E-state index contributed by atoms with van der Waals surface area (Å²) in [6.45, 7) is 0. The number of rotatable bonds is 3. The lowest BCUT2D eigenvalue weighted by atomic mass is 9.99. The summed E-state index contributed by atoms with van der Waals surface area (Å²) in [6, 6.07) is 9.71. The van der Waals surface area contributed by atoms with Crippen molar-refractivity contribution in [3.63, 3.8) is 0 Å². The highest BCUT2D eigenvalue weighted by Gasteiger charge is 2.16. The molecule has 1 unspecified atom stereocenters. The van der Waals surface area contributed by atoms with Crippen molar-refractivity contribution in [3.8, 4) is 0 Å². The van der Waals surface area contributed by atoms with E-state index in [4.69, 9.17) is 23.2 Å². The molecular formula is C14H11BrCl2FN. The lowest BCUT2D eigenvalue weighted by Crippen LogP contribution is -2.18. The van der Waals surface area contributed by atoms with E-state index in [-0.39, 0.29) is 11.9 Å². The first-order valence-corrected chi connectivity index (χ1v) is 7.15. The summed E-state index contributed by atoms with van der Waals surface area (Å²) >= 11 is 15.5.